The van der Waals surface area contributed by atoms with Crippen molar-refractivity contribution in [3.8, 4) is 10.8 Å². The third-order valence-electron chi connectivity index (χ3n) is 4.81. The lowest BCUT2D eigenvalue weighted by Gasteiger charge is -2.24. The first-order valence-corrected chi connectivity index (χ1v) is 9.18. The molecule has 0 atom stereocenters. The molecule has 3 heterocycles. The van der Waals surface area contributed by atoms with Gasteiger partial charge in [0.15, 0.2) is 10.8 Å². The summed E-state index contributed by atoms with van der Waals surface area (Å²) in [4.78, 5) is 31.0. The second-order valence-electron chi connectivity index (χ2n) is 6.44. The molecule has 0 radical (unpaired) electrons. The Morgan fingerprint density at radius 1 is 1.25 bits per heavy atom. The van der Waals surface area contributed by atoms with E-state index < -0.39 is 5.54 Å². The zero-order valence-electron chi connectivity index (χ0n) is 13.3. The number of carbonyl (C=O) groups excluding carboxylic acids is 2. The van der Waals surface area contributed by atoms with E-state index in [2.05, 4.69) is 10.3 Å². The van der Waals surface area contributed by atoms with Crippen molar-refractivity contribution in [1.29, 1.82) is 0 Å². The van der Waals surface area contributed by atoms with Crippen LogP contribution in [0.4, 0.5) is 4.79 Å². The van der Waals surface area contributed by atoms with Gasteiger partial charge in [0.05, 0.1) is 18.5 Å². The number of hydrogen-bond acceptors (Lipinski definition) is 5. The normalized spacial score (nSPS) is 20.4. The van der Waals surface area contributed by atoms with Crippen LogP contribution in [0.2, 0.25) is 0 Å². The van der Waals surface area contributed by atoms with Gasteiger partial charge in [-0.15, -0.1) is 11.3 Å². The van der Waals surface area contributed by atoms with Gasteiger partial charge >= 0.3 is 6.03 Å². The number of aromatic nitrogens is 1. The van der Waals surface area contributed by atoms with Crippen molar-refractivity contribution in [3.05, 3.63) is 29.5 Å². The molecule has 4 rings (SSSR count). The second-order valence-corrected chi connectivity index (χ2v) is 7.30. The number of imide groups is 1. The van der Waals surface area contributed by atoms with Gasteiger partial charge in [-0.25, -0.2) is 9.78 Å². The largest absolute Gasteiger partial charge is 0.462 e. The summed E-state index contributed by atoms with van der Waals surface area (Å²) in [5, 5.41) is 5.59. The molecule has 24 heavy (non-hydrogen) atoms. The smallest absolute Gasteiger partial charge is 0.325 e. The fourth-order valence-electron chi connectivity index (χ4n) is 3.55. The van der Waals surface area contributed by atoms with Gasteiger partial charge < -0.3 is 9.73 Å². The van der Waals surface area contributed by atoms with E-state index in [1.807, 2.05) is 17.5 Å². The van der Waals surface area contributed by atoms with E-state index in [-0.39, 0.29) is 18.5 Å². The second kappa shape index (κ2) is 6.05. The van der Waals surface area contributed by atoms with Crippen LogP contribution in [0, 0.1) is 0 Å². The van der Waals surface area contributed by atoms with Crippen molar-refractivity contribution in [1.82, 2.24) is 15.2 Å². The first kappa shape index (κ1) is 15.4. The molecule has 1 spiro atoms. The number of furan rings is 1. The lowest BCUT2D eigenvalue weighted by molar-refractivity contribution is -0.132. The monoisotopic (exact) mass is 345 g/mol. The third kappa shape index (κ3) is 2.62. The molecule has 2 aromatic heterocycles. The van der Waals surface area contributed by atoms with E-state index in [0.717, 1.165) is 43.5 Å². The first-order valence-electron chi connectivity index (χ1n) is 8.30. The molecule has 7 heteroatoms. The van der Waals surface area contributed by atoms with Crippen molar-refractivity contribution < 1.29 is 14.0 Å². The van der Waals surface area contributed by atoms with Gasteiger partial charge in [0.25, 0.3) is 5.91 Å². The number of nitrogens with one attached hydrogen (secondary N) is 1. The Morgan fingerprint density at radius 3 is 2.75 bits per heavy atom. The molecule has 1 N–H and O–H groups in total. The number of hydrogen-bond donors (Lipinski definition) is 1. The van der Waals surface area contributed by atoms with Crippen molar-refractivity contribution in [3.63, 3.8) is 0 Å². The van der Waals surface area contributed by atoms with E-state index in [0.29, 0.717) is 11.5 Å². The van der Waals surface area contributed by atoms with Crippen LogP contribution in [0.5, 0.6) is 0 Å². The number of nitrogens with zero attached hydrogens (tertiary/aromatic N) is 2. The molecule has 0 aromatic carbocycles. The lowest BCUT2D eigenvalue weighted by atomic mass is 9.90. The molecule has 3 amide bonds. The van der Waals surface area contributed by atoms with Crippen LogP contribution in [0.1, 0.15) is 44.2 Å². The Balaban J connectivity index is 1.52. The summed E-state index contributed by atoms with van der Waals surface area (Å²) in [7, 11) is 0. The first-order chi connectivity index (χ1) is 11.7. The molecular formula is C17H19N3O3S. The van der Waals surface area contributed by atoms with Crippen molar-refractivity contribution in [2.75, 3.05) is 0 Å². The standard InChI is InChI=1S/C17H19N3O3S/c21-15-17(7-3-1-2-4-8-17)19-16(22)20(15)10-12-11-24-14(18-12)13-6-5-9-23-13/h5-6,9,11H,1-4,7-8,10H2,(H,19,22). The highest BCUT2D eigenvalue weighted by Gasteiger charge is 2.50. The van der Waals surface area contributed by atoms with E-state index in [4.69, 9.17) is 4.42 Å². The molecule has 1 aliphatic carbocycles. The Morgan fingerprint density at radius 2 is 2.04 bits per heavy atom. The summed E-state index contributed by atoms with van der Waals surface area (Å²) in [6.45, 7) is 0.212. The van der Waals surface area contributed by atoms with Crippen LogP contribution < -0.4 is 5.32 Å². The van der Waals surface area contributed by atoms with Crippen LogP contribution in [-0.2, 0) is 11.3 Å². The van der Waals surface area contributed by atoms with Gasteiger partial charge in [-0.05, 0) is 25.0 Å². The van der Waals surface area contributed by atoms with Crippen LogP contribution in [0.25, 0.3) is 10.8 Å². The molecule has 0 unspecified atom stereocenters. The Labute approximate surface area is 143 Å². The van der Waals surface area contributed by atoms with E-state index >= 15 is 0 Å². The molecule has 2 aromatic rings. The SMILES string of the molecule is O=C1NC2(CCCCCC2)C(=O)N1Cc1csc(-c2ccco2)n1. The van der Waals surface area contributed by atoms with Crippen LogP contribution in [-0.4, -0.2) is 27.4 Å². The summed E-state index contributed by atoms with van der Waals surface area (Å²) >= 11 is 1.45. The molecule has 2 fully saturated rings. The minimum Gasteiger partial charge on any atom is -0.462 e. The van der Waals surface area contributed by atoms with Crippen LogP contribution >= 0.6 is 11.3 Å². The predicted octanol–water partition coefficient (Wildman–Crippen LogP) is 3.55. The number of amides is 3. The quantitative estimate of drug-likeness (QED) is 0.863. The molecule has 2 aliphatic rings. The van der Waals surface area contributed by atoms with E-state index in [1.54, 1.807) is 6.26 Å². The summed E-state index contributed by atoms with van der Waals surface area (Å²) in [5.41, 5.74) is 0.0218. The zero-order chi connectivity index (χ0) is 16.6. The van der Waals surface area contributed by atoms with Crippen LogP contribution in [0.15, 0.2) is 28.2 Å². The summed E-state index contributed by atoms with van der Waals surface area (Å²) < 4.78 is 5.34. The molecular weight excluding hydrogens is 326 g/mol. The highest BCUT2D eigenvalue weighted by molar-refractivity contribution is 7.13. The summed E-state index contributed by atoms with van der Waals surface area (Å²) in [6, 6.07) is 3.36. The fourth-order valence-corrected chi connectivity index (χ4v) is 4.32. The molecule has 1 saturated heterocycles. The molecule has 0 bridgehead atoms. The summed E-state index contributed by atoms with van der Waals surface area (Å²) in [5.74, 6) is 0.602. The van der Waals surface area contributed by atoms with Gasteiger partial charge in [0.2, 0.25) is 0 Å². The molecule has 6 nitrogen and oxygen atoms in total. The highest BCUT2D eigenvalue weighted by atomic mass is 32.1. The zero-order valence-corrected chi connectivity index (χ0v) is 14.1. The Kier molecular flexibility index (Phi) is 3.88. The molecule has 1 saturated carbocycles. The maximum absolute atomic E-state index is 12.9. The number of carbonyl (C=O) groups is 2. The minimum absolute atomic E-state index is 0.0954. The van der Waals surface area contributed by atoms with Crippen molar-refractivity contribution in [2.45, 2.75) is 50.6 Å². The van der Waals surface area contributed by atoms with E-state index in [9.17, 15) is 9.59 Å². The van der Waals surface area contributed by atoms with Gasteiger partial charge in [0, 0.05) is 5.38 Å². The Hall–Kier alpha value is -2.15. The number of urea groups is 1. The fraction of sp³-hybridized carbons (Fsp3) is 0.471. The van der Waals surface area contributed by atoms with Crippen molar-refractivity contribution >= 4 is 23.3 Å². The topological polar surface area (TPSA) is 75.4 Å². The average molecular weight is 345 g/mol. The lowest BCUT2D eigenvalue weighted by Crippen LogP contribution is -2.46. The molecule has 1 aliphatic heterocycles. The predicted molar refractivity (Wildman–Crippen MR) is 89.3 cm³/mol. The molecule has 126 valence electrons. The number of thiazole rings is 1. The highest BCUT2D eigenvalue weighted by Crippen LogP contribution is 2.33. The van der Waals surface area contributed by atoms with Gasteiger partial charge in [-0.2, -0.15) is 0 Å². The van der Waals surface area contributed by atoms with E-state index in [1.165, 1.54) is 16.2 Å². The summed E-state index contributed by atoms with van der Waals surface area (Å²) in [6.07, 6.45) is 7.31. The van der Waals surface area contributed by atoms with Gasteiger partial charge in [-0.3, -0.25) is 9.69 Å². The average Bonchev–Trinajstić information content (AvgIpc) is 3.25. The van der Waals surface area contributed by atoms with Gasteiger partial charge in [0.1, 0.15) is 5.54 Å². The maximum atomic E-state index is 12.9. The minimum atomic E-state index is -0.687. The number of rotatable bonds is 3. The Bertz CT molecular complexity index is 745. The third-order valence-corrected chi connectivity index (χ3v) is 5.71. The maximum Gasteiger partial charge on any atom is 0.325 e. The van der Waals surface area contributed by atoms with Gasteiger partial charge in [-0.1, -0.05) is 25.7 Å². The van der Waals surface area contributed by atoms with Crippen molar-refractivity contribution in [2.24, 2.45) is 0 Å². The van der Waals surface area contributed by atoms with Crippen LogP contribution in [0.3, 0.4) is 0 Å².